The first-order valence-corrected chi connectivity index (χ1v) is 9.36. The van der Waals surface area contributed by atoms with Crippen molar-refractivity contribution < 1.29 is 9.53 Å². The van der Waals surface area contributed by atoms with E-state index < -0.39 is 0 Å². The van der Waals surface area contributed by atoms with Crippen LogP contribution >= 0.6 is 11.6 Å². The Balaban J connectivity index is 1.36. The molecule has 1 amide bonds. The average molecular weight is 390 g/mol. The van der Waals surface area contributed by atoms with Crippen LogP contribution in [0.4, 0.5) is 5.95 Å². The van der Waals surface area contributed by atoms with Crippen molar-refractivity contribution in [1.82, 2.24) is 19.8 Å². The minimum Gasteiger partial charge on any atom is -0.492 e. The number of aromatic nitrogens is 2. The summed E-state index contributed by atoms with van der Waals surface area (Å²) in [6, 6.07) is 9.02. The number of likely N-dealkylation sites (N-methyl/N-ethyl adjacent to an activating group) is 1. The number of amides is 1. The molecule has 1 saturated heterocycles. The Morgan fingerprint density at radius 2 is 1.81 bits per heavy atom. The summed E-state index contributed by atoms with van der Waals surface area (Å²) in [6.07, 6.45) is 3.50. The van der Waals surface area contributed by atoms with Gasteiger partial charge in [-0.2, -0.15) is 0 Å². The maximum absolute atomic E-state index is 12.4. The predicted octanol–water partition coefficient (Wildman–Crippen LogP) is 1.79. The molecule has 2 heterocycles. The van der Waals surface area contributed by atoms with Crippen molar-refractivity contribution >= 4 is 23.5 Å². The van der Waals surface area contributed by atoms with Gasteiger partial charge >= 0.3 is 0 Å². The van der Waals surface area contributed by atoms with Crippen LogP contribution in [0.1, 0.15) is 0 Å². The number of hydrogen-bond acceptors (Lipinski definition) is 6. The summed E-state index contributed by atoms with van der Waals surface area (Å²) in [4.78, 5) is 27.0. The second-order valence-electron chi connectivity index (χ2n) is 6.43. The normalized spacial score (nSPS) is 14.8. The van der Waals surface area contributed by atoms with E-state index >= 15 is 0 Å². The Kier molecular flexibility index (Phi) is 6.84. The lowest BCUT2D eigenvalue weighted by Gasteiger charge is -2.34. The van der Waals surface area contributed by atoms with Crippen molar-refractivity contribution in [2.75, 3.05) is 57.8 Å². The summed E-state index contributed by atoms with van der Waals surface area (Å²) >= 11 is 5.85. The number of benzene rings is 1. The van der Waals surface area contributed by atoms with Crippen LogP contribution in [0, 0.1) is 0 Å². The van der Waals surface area contributed by atoms with Gasteiger partial charge in [-0.25, -0.2) is 9.97 Å². The zero-order chi connectivity index (χ0) is 19.1. The van der Waals surface area contributed by atoms with Crippen LogP contribution in [0.3, 0.4) is 0 Å². The van der Waals surface area contributed by atoms with E-state index in [4.69, 9.17) is 16.3 Å². The highest BCUT2D eigenvalue weighted by atomic mass is 35.5. The second-order valence-corrected chi connectivity index (χ2v) is 6.87. The Morgan fingerprint density at radius 1 is 1.15 bits per heavy atom. The lowest BCUT2D eigenvalue weighted by molar-refractivity contribution is -0.131. The van der Waals surface area contributed by atoms with Crippen molar-refractivity contribution in [2.24, 2.45) is 0 Å². The molecule has 0 radical (unpaired) electrons. The third-order valence-corrected chi connectivity index (χ3v) is 4.75. The quantitative estimate of drug-likeness (QED) is 0.719. The SMILES string of the molecule is CN(CCOc1ccc(Cl)cc1)C(=O)CN1CCN(c2ncccn2)CC1. The standard InChI is InChI=1S/C19H24ClN5O2/c1-23(13-14-27-17-5-3-16(20)4-6-17)18(26)15-24-9-11-25(12-10-24)19-21-7-2-8-22-19/h2-8H,9-15H2,1H3. The summed E-state index contributed by atoms with van der Waals surface area (Å²) in [5, 5.41) is 0.675. The minimum atomic E-state index is 0.0964. The van der Waals surface area contributed by atoms with Crippen molar-refractivity contribution in [3.63, 3.8) is 0 Å². The van der Waals surface area contributed by atoms with Crippen molar-refractivity contribution in [2.45, 2.75) is 0 Å². The molecule has 0 atom stereocenters. The van der Waals surface area contributed by atoms with E-state index in [9.17, 15) is 4.79 Å². The first-order chi connectivity index (χ1) is 13.1. The minimum absolute atomic E-state index is 0.0964. The number of piperazine rings is 1. The molecule has 27 heavy (non-hydrogen) atoms. The molecule has 7 nitrogen and oxygen atoms in total. The molecule has 144 valence electrons. The Hall–Kier alpha value is -2.38. The van der Waals surface area contributed by atoms with Crippen LogP contribution in [-0.4, -0.2) is 78.6 Å². The molecule has 0 bridgehead atoms. The molecule has 0 unspecified atom stereocenters. The first kappa shape index (κ1) is 19.4. The topological polar surface area (TPSA) is 61.8 Å². The van der Waals surface area contributed by atoms with E-state index in [1.807, 2.05) is 25.2 Å². The average Bonchev–Trinajstić information content (AvgIpc) is 2.70. The molecule has 1 aromatic heterocycles. The van der Waals surface area contributed by atoms with Gasteiger partial charge in [-0.3, -0.25) is 9.69 Å². The van der Waals surface area contributed by atoms with Crippen molar-refractivity contribution in [1.29, 1.82) is 0 Å². The Labute approximate surface area is 164 Å². The van der Waals surface area contributed by atoms with E-state index in [0.29, 0.717) is 24.7 Å². The van der Waals surface area contributed by atoms with Gasteiger partial charge in [0, 0.05) is 50.6 Å². The summed E-state index contributed by atoms with van der Waals surface area (Å²) in [6.45, 7) is 4.68. The third kappa shape index (κ3) is 5.80. The molecular formula is C19H24ClN5O2. The van der Waals surface area contributed by atoms with Gasteiger partial charge in [0.15, 0.2) is 0 Å². The highest BCUT2D eigenvalue weighted by Gasteiger charge is 2.21. The monoisotopic (exact) mass is 389 g/mol. The lowest BCUT2D eigenvalue weighted by atomic mass is 10.3. The number of ether oxygens (including phenoxy) is 1. The highest BCUT2D eigenvalue weighted by molar-refractivity contribution is 6.30. The van der Waals surface area contributed by atoms with E-state index in [1.165, 1.54) is 0 Å². The number of anilines is 1. The van der Waals surface area contributed by atoms with E-state index in [2.05, 4.69) is 19.8 Å². The fraction of sp³-hybridized carbons (Fsp3) is 0.421. The first-order valence-electron chi connectivity index (χ1n) is 8.98. The summed E-state index contributed by atoms with van der Waals surface area (Å²) in [5.74, 6) is 1.60. The van der Waals surface area contributed by atoms with E-state index in [-0.39, 0.29) is 5.91 Å². The molecule has 0 aliphatic carbocycles. The van der Waals surface area contributed by atoms with Crippen molar-refractivity contribution in [3.8, 4) is 5.75 Å². The lowest BCUT2D eigenvalue weighted by Crippen LogP contribution is -2.50. The van der Waals surface area contributed by atoms with Crippen LogP contribution in [0.25, 0.3) is 0 Å². The fourth-order valence-electron chi connectivity index (χ4n) is 2.83. The molecule has 1 aliphatic heterocycles. The van der Waals surface area contributed by atoms with Gasteiger partial charge in [-0.15, -0.1) is 0 Å². The molecule has 8 heteroatoms. The molecule has 2 aromatic rings. The summed E-state index contributed by atoms with van der Waals surface area (Å²) in [5.41, 5.74) is 0. The number of carbonyl (C=O) groups excluding carboxylic acids is 1. The van der Waals surface area contributed by atoms with Crippen LogP contribution in [0.15, 0.2) is 42.7 Å². The maximum Gasteiger partial charge on any atom is 0.236 e. The van der Waals surface area contributed by atoms with Crippen LogP contribution < -0.4 is 9.64 Å². The Morgan fingerprint density at radius 3 is 2.48 bits per heavy atom. The van der Waals surface area contributed by atoms with Gasteiger partial charge in [0.2, 0.25) is 11.9 Å². The highest BCUT2D eigenvalue weighted by Crippen LogP contribution is 2.15. The molecule has 1 fully saturated rings. The van der Waals surface area contributed by atoms with E-state index in [1.54, 1.807) is 29.4 Å². The van der Waals surface area contributed by atoms with Crippen LogP contribution in [0.2, 0.25) is 5.02 Å². The molecule has 0 saturated carbocycles. The van der Waals surface area contributed by atoms with Gasteiger partial charge in [0.05, 0.1) is 13.1 Å². The van der Waals surface area contributed by atoms with Gasteiger partial charge in [-0.05, 0) is 30.3 Å². The number of halogens is 1. The molecule has 1 aliphatic rings. The number of nitrogens with zero attached hydrogens (tertiary/aromatic N) is 5. The second kappa shape index (κ2) is 9.53. The molecule has 1 aromatic carbocycles. The predicted molar refractivity (Wildman–Crippen MR) is 105 cm³/mol. The third-order valence-electron chi connectivity index (χ3n) is 4.50. The summed E-state index contributed by atoms with van der Waals surface area (Å²) in [7, 11) is 1.81. The number of hydrogen-bond donors (Lipinski definition) is 0. The largest absolute Gasteiger partial charge is 0.492 e. The number of carbonyl (C=O) groups is 1. The zero-order valence-electron chi connectivity index (χ0n) is 15.4. The maximum atomic E-state index is 12.4. The van der Waals surface area contributed by atoms with E-state index in [0.717, 1.165) is 37.9 Å². The van der Waals surface area contributed by atoms with Gasteiger partial charge in [-0.1, -0.05) is 11.6 Å². The van der Waals surface area contributed by atoms with Crippen molar-refractivity contribution in [3.05, 3.63) is 47.7 Å². The zero-order valence-corrected chi connectivity index (χ0v) is 16.2. The van der Waals surface area contributed by atoms with Crippen LogP contribution in [0.5, 0.6) is 5.75 Å². The molecule has 3 rings (SSSR count). The Bertz CT molecular complexity index is 721. The molecule has 0 spiro atoms. The van der Waals surface area contributed by atoms with Gasteiger partial charge in [0.25, 0.3) is 0 Å². The smallest absolute Gasteiger partial charge is 0.236 e. The molecule has 0 N–H and O–H groups in total. The fourth-order valence-corrected chi connectivity index (χ4v) is 2.95. The van der Waals surface area contributed by atoms with Gasteiger partial charge < -0.3 is 14.5 Å². The summed E-state index contributed by atoms with van der Waals surface area (Å²) < 4.78 is 5.65. The number of rotatable bonds is 7. The molecular weight excluding hydrogens is 366 g/mol. The van der Waals surface area contributed by atoms with Crippen LogP contribution in [-0.2, 0) is 4.79 Å². The van der Waals surface area contributed by atoms with Gasteiger partial charge in [0.1, 0.15) is 12.4 Å².